The quantitative estimate of drug-likeness (QED) is 0.824. The smallest absolute Gasteiger partial charge is 0.314 e. The van der Waals surface area contributed by atoms with E-state index in [9.17, 15) is 9.59 Å². The van der Waals surface area contributed by atoms with Gasteiger partial charge >= 0.3 is 11.8 Å². The normalized spacial score (nSPS) is 10.0. The highest BCUT2D eigenvalue weighted by Crippen LogP contribution is 2.20. The number of benzene rings is 2. The van der Waals surface area contributed by atoms with E-state index in [0.717, 1.165) is 5.56 Å². The summed E-state index contributed by atoms with van der Waals surface area (Å²) in [4.78, 5) is 23.7. The number of nitrogens with one attached hydrogen (secondary N) is 2. The molecule has 0 aliphatic carbocycles. The van der Waals surface area contributed by atoms with Crippen LogP contribution in [0.25, 0.3) is 0 Å². The summed E-state index contributed by atoms with van der Waals surface area (Å²) in [6, 6.07) is 11.5. The van der Waals surface area contributed by atoms with Crippen molar-refractivity contribution in [3.63, 3.8) is 0 Å². The first-order chi connectivity index (χ1) is 9.95. The highest BCUT2D eigenvalue weighted by atomic mass is 35.5. The van der Waals surface area contributed by atoms with Crippen molar-refractivity contribution in [3.8, 4) is 0 Å². The summed E-state index contributed by atoms with van der Waals surface area (Å²) in [7, 11) is 0. The van der Waals surface area contributed by atoms with E-state index < -0.39 is 11.8 Å². The fourth-order valence-corrected chi connectivity index (χ4v) is 1.93. The number of halogens is 2. The van der Waals surface area contributed by atoms with Crippen LogP contribution in [0.4, 0.5) is 11.4 Å². The summed E-state index contributed by atoms with van der Waals surface area (Å²) in [5.41, 5.74) is 1.80. The molecule has 2 amide bonds. The minimum absolute atomic E-state index is 0.481. The Labute approximate surface area is 132 Å². The fourth-order valence-electron chi connectivity index (χ4n) is 1.63. The molecule has 4 nitrogen and oxygen atoms in total. The van der Waals surface area contributed by atoms with E-state index in [2.05, 4.69) is 10.6 Å². The van der Waals surface area contributed by atoms with Gasteiger partial charge in [-0.05, 0) is 48.9 Å². The number of rotatable bonds is 2. The number of hydrogen-bond donors (Lipinski definition) is 2. The van der Waals surface area contributed by atoms with Crippen molar-refractivity contribution in [1.82, 2.24) is 0 Å². The minimum Gasteiger partial charge on any atom is -0.318 e. The zero-order chi connectivity index (χ0) is 15.4. The average molecular weight is 323 g/mol. The molecule has 0 aliphatic heterocycles. The molecule has 0 atom stereocenters. The van der Waals surface area contributed by atoms with Crippen molar-refractivity contribution in [2.75, 3.05) is 10.6 Å². The first-order valence-electron chi connectivity index (χ1n) is 6.10. The van der Waals surface area contributed by atoms with Crippen LogP contribution in [0.15, 0.2) is 42.5 Å². The second-order valence-corrected chi connectivity index (χ2v) is 5.25. The van der Waals surface area contributed by atoms with Gasteiger partial charge in [0.15, 0.2) is 0 Å². The maximum absolute atomic E-state index is 11.9. The van der Waals surface area contributed by atoms with Crippen LogP contribution in [0, 0.1) is 6.92 Å². The topological polar surface area (TPSA) is 58.2 Å². The first-order valence-corrected chi connectivity index (χ1v) is 6.85. The largest absolute Gasteiger partial charge is 0.318 e. The van der Waals surface area contributed by atoms with Crippen LogP contribution in [0.3, 0.4) is 0 Å². The first kappa shape index (κ1) is 15.4. The molecule has 0 saturated heterocycles. The van der Waals surface area contributed by atoms with Gasteiger partial charge < -0.3 is 10.6 Å². The van der Waals surface area contributed by atoms with E-state index >= 15 is 0 Å². The van der Waals surface area contributed by atoms with Crippen molar-refractivity contribution in [2.45, 2.75) is 6.92 Å². The molecular weight excluding hydrogens is 311 g/mol. The molecule has 108 valence electrons. The van der Waals surface area contributed by atoms with E-state index in [0.29, 0.717) is 21.4 Å². The number of carbonyl (C=O) groups excluding carboxylic acids is 2. The Bertz CT molecular complexity index is 685. The van der Waals surface area contributed by atoms with Crippen LogP contribution >= 0.6 is 23.2 Å². The van der Waals surface area contributed by atoms with E-state index in [1.54, 1.807) is 42.5 Å². The number of hydrogen-bond acceptors (Lipinski definition) is 2. The lowest BCUT2D eigenvalue weighted by atomic mass is 10.2. The third-order valence-corrected chi connectivity index (χ3v) is 3.24. The fraction of sp³-hybridized carbons (Fsp3) is 0.0667. The summed E-state index contributed by atoms with van der Waals surface area (Å²) < 4.78 is 0. The Morgan fingerprint density at radius 2 is 1.43 bits per heavy atom. The molecule has 6 heteroatoms. The van der Waals surface area contributed by atoms with Crippen molar-refractivity contribution in [3.05, 3.63) is 58.1 Å². The van der Waals surface area contributed by atoms with Crippen LogP contribution in [0.2, 0.25) is 10.0 Å². The van der Waals surface area contributed by atoms with Gasteiger partial charge in [-0.25, -0.2) is 0 Å². The van der Waals surface area contributed by atoms with Crippen molar-refractivity contribution >= 4 is 46.4 Å². The summed E-state index contributed by atoms with van der Waals surface area (Å²) in [6.45, 7) is 1.81. The summed E-state index contributed by atoms with van der Waals surface area (Å²) in [6.07, 6.45) is 0. The van der Waals surface area contributed by atoms with E-state index in [-0.39, 0.29) is 0 Å². The SMILES string of the molecule is Cc1ccc(Cl)cc1NC(=O)C(=O)Nc1ccc(Cl)cc1. The van der Waals surface area contributed by atoms with Gasteiger partial charge in [-0.2, -0.15) is 0 Å². The van der Waals surface area contributed by atoms with Gasteiger partial charge in [0, 0.05) is 21.4 Å². The Hall–Kier alpha value is -2.04. The molecular formula is C15H12Cl2N2O2. The van der Waals surface area contributed by atoms with Crippen LogP contribution in [-0.2, 0) is 9.59 Å². The molecule has 0 radical (unpaired) electrons. The van der Waals surface area contributed by atoms with Crippen LogP contribution in [-0.4, -0.2) is 11.8 Å². The second kappa shape index (κ2) is 6.61. The van der Waals surface area contributed by atoms with E-state index in [1.807, 2.05) is 6.92 Å². The zero-order valence-corrected chi connectivity index (χ0v) is 12.6. The Balaban J connectivity index is 2.04. The monoisotopic (exact) mass is 322 g/mol. The summed E-state index contributed by atoms with van der Waals surface area (Å²) >= 11 is 11.6. The van der Waals surface area contributed by atoms with Gasteiger partial charge in [0.05, 0.1) is 0 Å². The third-order valence-electron chi connectivity index (χ3n) is 2.76. The molecule has 21 heavy (non-hydrogen) atoms. The highest BCUT2D eigenvalue weighted by Gasteiger charge is 2.15. The van der Waals surface area contributed by atoms with Gasteiger partial charge in [0.25, 0.3) is 0 Å². The van der Waals surface area contributed by atoms with Crippen molar-refractivity contribution < 1.29 is 9.59 Å². The molecule has 0 aromatic heterocycles. The zero-order valence-electron chi connectivity index (χ0n) is 11.1. The summed E-state index contributed by atoms with van der Waals surface area (Å²) in [5, 5.41) is 6.03. The number of carbonyl (C=O) groups is 2. The molecule has 2 rings (SSSR count). The van der Waals surface area contributed by atoms with E-state index in [1.165, 1.54) is 0 Å². The van der Waals surface area contributed by atoms with Crippen LogP contribution < -0.4 is 10.6 Å². The van der Waals surface area contributed by atoms with Crippen molar-refractivity contribution in [1.29, 1.82) is 0 Å². The van der Waals surface area contributed by atoms with Gasteiger partial charge in [-0.1, -0.05) is 29.3 Å². The molecule has 0 unspecified atom stereocenters. The average Bonchev–Trinajstić information content (AvgIpc) is 2.45. The van der Waals surface area contributed by atoms with E-state index in [4.69, 9.17) is 23.2 Å². The summed E-state index contributed by atoms with van der Waals surface area (Å²) in [5.74, 6) is -1.54. The van der Waals surface area contributed by atoms with Gasteiger partial charge in [0.2, 0.25) is 0 Å². The molecule has 0 bridgehead atoms. The Morgan fingerprint density at radius 1 is 0.857 bits per heavy atom. The molecule has 0 heterocycles. The Morgan fingerprint density at radius 3 is 2.10 bits per heavy atom. The maximum atomic E-state index is 11.9. The van der Waals surface area contributed by atoms with Gasteiger partial charge in [0.1, 0.15) is 0 Å². The third kappa shape index (κ3) is 4.21. The minimum atomic E-state index is -0.768. The van der Waals surface area contributed by atoms with Gasteiger partial charge in [-0.15, -0.1) is 0 Å². The van der Waals surface area contributed by atoms with Crippen LogP contribution in [0.5, 0.6) is 0 Å². The lowest BCUT2D eigenvalue weighted by Gasteiger charge is -2.09. The van der Waals surface area contributed by atoms with Gasteiger partial charge in [-0.3, -0.25) is 9.59 Å². The molecule has 2 aromatic rings. The maximum Gasteiger partial charge on any atom is 0.314 e. The standard InChI is InChI=1S/C15H12Cl2N2O2/c1-9-2-3-11(17)8-13(9)19-15(21)14(20)18-12-6-4-10(16)5-7-12/h2-8H,1H3,(H,18,20)(H,19,21). The molecule has 2 N–H and O–H groups in total. The molecule has 0 aliphatic rings. The molecule has 0 spiro atoms. The number of aryl methyl sites for hydroxylation is 1. The predicted molar refractivity (Wildman–Crippen MR) is 84.9 cm³/mol. The highest BCUT2D eigenvalue weighted by molar-refractivity contribution is 6.44. The molecule has 0 fully saturated rings. The van der Waals surface area contributed by atoms with Crippen molar-refractivity contribution in [2.24, 2.45) is 0 Å². The lowest BCUT2D eigenvalue weighted by Crippen LogP contribution is -2.29. The Kier molecular flexibility index (Phi) is 4.83. The number of amides is 2. The van der Waals surface area contributed by atoms with Crippen LogP contribution in [0.1, 0.15) is 5.56 Å². The predicted octanol–water partition coefficient (Wildman–Crippen LogP) is 3.88. The number of anilines is 2. The molecule has 2 aromatic carbocycles. The second-order valence-electron chi connectivity index (χ2n) is 4.37. The molecule has 0 saturated carbocycles. The lowest BCUT2D eigenvalue weighted by molar-refractivity contribution is -0.133.